The highest BCUT2D eigenvalue weighted by molar-refractivity contribution is 7.86. The first-order chi connectivity index (χ1) is 13.8. The molecule has 0 aliphatic carbocycles. The van der Waals surface area contributed by atoms with Gasteiger partial charge in [-0.15, -0.1) is 0 Å². The number of ether oxygens (including phenoxy) is 1. The number of amides is 1. The van der Waals surface area contributed by atoms with Gasteiger partial charge in [-0.3, -0.25) is 4.79 Å². The molecule has 1 amide bonds. The second kappa shape index (κ2) is 9.55. The van der Waals surface area contributed by atoms with E-state index in [1.54, 1.807) is 4.90 Å². The predicted octanol–water partition coefficient (Wildman–Crippen LogP) is 1.82. The Balaban J connectivity index is 1.45. The van der Waals surface area contributed by atoms with E-state index < -0.39 is 10.2 Å². The molecule has 2 aliphatic rings. The van der Waals surface area contributed by atoms with Crippen molar-refractivity contribution in [1.82, 2.24) is 13.5 Å². The first-order valence-electron chi connectivity index (χ1n) is 10.5. The van der Waals surface area contributed by atoms with Crippen LogP contribution in [0.25, 0.3) is 0 Å². The summed E-state index contributed by atoms with van der Waals surface area (Å²) in [7, 11) is -3.51. The lowest BCUT2D eigenvalue weighted by atomic mass is 10.1. The van der Waals surface area contributed by atoms with Gasteiger partial charge in [0.05, 0.1) is 12.2 Å². The first kappa shape index (κ1) is 22.2. The smallest absolute Gasteiger partial charge is 0.282 e. The zero-order chi connectivity index (χ0) is 21.0. The normalized spacial score (nSPS) is 24.6. The van der Waals surface area contributed by atoms with Gasteiger partial charge >= 0.3 is 0 Å². The highest BCUT2D eigenvalue weighted by Crippen LogP contribution is 2.19. The second-order valence-corrected chi connectivity index (χ2v) is 10.1. The van der Waals surface area contributed by atoms with Gasteiger partial charge in [0, 0.05) is 45.7 Å². The van der Waals surface area contributed by atoms with Crippen LogP contribution in [0.2, 0.25) is 0 Å². The van der Waals surface area contributed by atoms with E-state index in [1.165, 1.54) is 19.7 Å². The van der Waals surface area contributed by atoms with Crippen LogP contribution in [0.5, 0.6) is 0 Å². The van der Waals surface area contributed by atoms with E-state index >= 15 is 0 Å². The molecule has 7 nitrogen and oxygen atoms in total. The lowest BCUT2D eigenvalue weighted by Crippen LogP contribution is -2.57. The Kier molecular flexibility index (Phi) is 7.32. The molecule has 0 radical (unpaired) electrons. The van der Waals surface area contributed by atoms with Crippen molar-refractivity contribution >= 4 is 16.1 Å². The molecular formula is C21H33N3O4S. The van der Waals surface area contributed by atoms with Gasteiger partial charge < -0.3 is 9.64 Å². The number of hydrogen-bond acceptors (Lipinski definition) is 4. The maximum absolute atomic E-state index is 13.0. The number of nitrogens with zero attached hydrogens (tertiary/aromatic N) is 3. The zero-order valence-corrected chi connectivity index (χ0v) is 18.5. The summed E-state index contributed by atoms with van der Waals surface area (Å²) in [5.74, 6) is 0.114. The Morgan fingerprint density at radius 2 is 1.59 bits per heavy atom. The van der Waals surface area contributed by atoms with Gasteiger partial charge in [-0.25, -0.2) is 0 Å². The molecule has 3 rings (SSSR count). The SMILES string of the molecule is Cc1ccc(CCCC(=O)N2CCN(S(=O)(=O)N3CC(C)OC(C)C3)CC2)cc1. The van der Waals surface area contributed by atoms with Crippen LogP contribution < -0.4 is 0 Å². The molecule has 2 heterocycles. The standard InChI is InChI=1S/C21H33N3O4S/c1-17-7-9-20(10-8-17)5-4-6-21(25)22-11-13-23(14-12-22)29(26,27)24-15-18(2)28-19(3)16-24/h7-10,18-19H,4-6,11-16H2,1-3H3. The van der Waals surface area contributed by atoms with Gasteiger partial charge in [0.15, 0.2) is 0 Å². The topological polar surface area (TPSA) is 70.2 Å². The molecule has 1 aromatic carbocycles. The molecule has 0 aromatic heterocycles. The van der Waals surface area contributed by atoms with Crippen LogP contribution in [-0.4, -0.2) is 79.3 Å². The zero-order valence-electron chi connectivity index (χ0n) is 17.7. The van der Waals surface area contributed by atoms with E-state index in [0.29, 0.717) is 45.7 Å². The molecule has 2 saturated heterocycles. The highest BCUT2D eigenvalue weighted by atomic mass is 32.2. The average Bonchev–Trinajstić information content (AvgIpc) is 2.69. The Hall–Kier alpha value is -1.48. The molecule has 162 valence electrons. The van der Waals surface area contributed by atoms with Gasteiger partial charge in [0.25, 0.3) is 10.2 Å². The Morgan fingerprint density at radius 1 is 1.00 bits per heavy atom. The second-order valence-electron chi connectivity index (χ2n) is 8.20. The first-order valence-corrected chi connectivity index (χ1v) is 11.9. The fourth-order valence-electron chi connectivity index (χ4n) is 4.01. The van der Waals surface area contributed by atoms with Crippen LogP contribution in [0, 0.1) is 6.92 Å². The minimum absolute atomic E-state index is 0.107. The molecule has 2 aliphatic heterocycles. The molecule has 0 bridgehead atoms. The summed E-state index contributed by atoms with van der Waals surface area (Å²) < 4.78 is 34.6. The molecular weight excluding hydrogens is 390 g/mol. The summed E-state index contributed by atoms with van der Waals surface area (Å²) in [5.41, 5.74) is 2.48. The van der Waals surface area contributed by atoms with Crippen molar-refractivity contribution in [1.29, 1.82) is 0 Å². The van der Waals surface area contributed by atoms with E-state index in [-0.39, 0.29) is 18.1 Å². The van der Waals surface area contributed by atoms with Crippen LogP contribution in [0.3, 0.4) is 0 Å². The fraction of sp³-hybridized carbons (Fsp3) is 0.667. The van der Waals surface area contributed by atoms with Gasteiger partial charge in [0.2, 0.25) is 5.91 Å². The Morgan fingerprint density at radius 3 is 2.17 bits per heavy atom. The number of benzene rings is 1. The van der Waals surface area contributed by atoms with Crippen molar-refractivity contribution in [3.63, 3.8) is 0 Å². The highest BCUT2D eigenvalue weighted by Gasteiger charge is 2.37. The summed E-state index contributed by atoms with van der Waals surface area (Å²) >= 11 is 0. The average molecular weight is 424 g/mol. The molecule has 0 spiro atoms. The van der Waals surface area contributed by atoms with E-state index in [4.69, 9.17) is 4.74 Å². The van der Waals surface area contributed by atoms with Crippen molar-refractivity contribution < 1.29 is 17.9 Å². The van der Waals surface area contributed by atoms with Gasteiger partial charge in [-0.1, -0.05) is 29.8 Å². The summed E-state index contributed by atoms with van der Waals surface area (Å²) in [6.45, 7) is 8.23. The van der Waals surface area contributed by atoms with E-state index in [2.05, 4.69) is 31.2 Å². The molecule has 0 N–H and O–H groups in total. The quantitative estimate of drug-likeness (QED) is 0.700. The number of morpholine rings is 1. The third kappa shape index (κ3) is 5.78. The number of carbonyl (C=O) groups excluding carboxylic acids is 1. The van der Waals surface area contributed by atoms with Crippen LogP contribution in [-0.2, 0) is 26.2 Å². The maximum atomic E-state index is 13.0. The molecule has 2 fully saturated rings. The third-order valence-corrected chi connectivity index (χ3v) is 7.58. The monoisotopic (exact) mass is 423 g/mol. The summed E-state index contributed by atoms with van der Waals surface area (Å²) in [6.07, 6.45) is 1.98. The van der Waals surface area contributed by atoms with Crippen LogP contribution in [0.15, 0.2) is 24.3 Å². The van der Waals surface area contributed by atoms with Gasteiger partial charge in [-0.2, -0.15) is 17.0 Å². The fourth-order valence-corrected chi connectivity index (χ4v) is 5.76. The van der Waals surface area contributed by atoms with Crippen LogP contribution in [0.1, 0.15) is 37.8 Å². The van der Waals surface area contributed by atoms with Gasteiger partial charge in [-0.05, 0) is 39.2 Å². The molecule has 8 heteroatoms. The van der Waals surface area contributed by atoms with Crippen molar-refractivity contribution in [3.8, 4) is 0 Å². The molecule has 2 atom stereocenters. The predicted molar refractivity (Wildman–Crippen MR) is 113 cm³/mol. The number of aryl methyl sites for hydroxylation is 2. The van der Waals surface area contributed by atoms with E-state index in [9.17, 15) is 13.2 Å². The Labute approximate surface area is 174 Å². The van der Waals surface area contributed by atoms with E-state index in [0.717, 1.165) is 12.8 Å². The van der Waals surface area contributed by atoms with Gasteiger partial charge in [0.1, 0.15) is 0 Å². The van der Waals surface area contributed by atoms with E-state index in [1.807, 2.05) is 13.8 Å². The largest absolute Gasteiger partial charge is 0.373 e. The molecule has 29 heavy (non-hydrogen) atoms. The minimum Gasteiger partial charge on any atom is -0.373 e. The number of piperazine rings is 1. The van der Waals surface area contributed by atoms with Crippen molar-refractivity contribution in [3.05, 3.63) is 35.4 Å². The third-order valence-electron chi connectivity index (χ3n) is 5.61. The number of carbonyl (C=O) groups is 1. The van der Waals surface area contributed by atoms with Crippen LogP contribution in [0.4, 0.5) is 0 Å². The summed E-state index contributed by atoms with van der Waals surface area (Å²) in [6, 6.07) is 8.40. The summed E-state index contributed by atoms with van der Waals surface area (Å²) in [5, 5.41) is 0. The van der Waals surface area contributed by atoms with Crippen molar-refractivity contribution in [2.75, 3.05) is 39.3 Å². The van der Waals surface area contributed by atoms with Crippen molar-refractivity contribution in [2.24, 2.45) is 0 Å². The number of rotatable bonds is 6. The van der Waals surface area contributed by atoms with Crippen molar-refractivity contribution in [2.45, 2.75) is 52.2 Å². The maximum Gasteiger partial charge on any atom is 0.282 e. The van der Waals surface area contributed by atoms with Crippen LogP contribution >= 0.6 is 0 Å². The molecule has 1 aromatic rings. The molecule has 2 unspecified atom stereocenters. The Bertz CT molecular complexity index is 779. The lowest BCUT2D eigenvalue weighted by molar-refractivity contribution is -0.132. The molecule has 0 saturated carbocycles. The minimum atomic E-state index is -3.51. The lowest BCUT2D eigenvalue weighted by Gasteiger charge is -2.40. The number of hydrogen-bond donors (Lipinski definition) is 0. The summed E-state index contributed by atoms with van der Waals surface area (Å²) in [4.78, 5) is 14.3.